The Morgan fingerprint density at radius 3 is 2.30 bits per heavy atom. The van der Waals surface area contributed by atoms with E-state index in [-0.39, 0.29) is 23.1 Å². The van der Waals surface area contributed by atoms with Crippen molar-refractivity contribution in [2.75, 3.05) is 17.6 Å². The van der Waals surface area contributed by atoms with Crippen molar-refractivity contribution >= 4 is 44.2 Å². The highest BCUT2D eigenvalue weighted by atomic mass is 32.2. The first-order valence-corrected chi connectivity index (χ1v) is 12.5. The Bertz CT molecular complexity index is 1100. The van der Waals surface area contributed by atoms with E-state index in [0.717, 1.165) is 10.5 Å². The Hall–Kier alpha value is -2.27. The molecule has 0 aliphatic heterocycles. The summed E-state index contributed by atoms with van der Waals surface area (Å²) in [6.07, 6.45) is 0.386. The van der Waals surface area contributed by atoms with Gasteiger partial charge in [0.2, 0.25) is 21.1 Å². The van der Waals surface area contributed by atoms with Crippen LogP contribution in [0.4, 0.5) is 5.13 Å². The lowest BCUT2D eigenvalue weighted by Gasteiger charge is -2.05. The SMILES string of the molecule is Cc1ccc(SCC(=O)Nc2nnc(CCNS(=O)(=O)c3ccc(C)cc3)s2)cc1. The molecule has 0 aliphatic rings. The Balaban J connectivity index is 1.44. The molecule has 0 radical (unpaired) electrons. The second kappa shape index (κ2) is 10.2. The van der Waals surface area contributed by atoms with Gasteiger partial charge in [0.05, 0.1) is 10.6 Å². The molecule has 0 aliphatic carbocycles. The topological polar surface area (TPSA) is 101 Å². The van der Waals surface area contributed by atoms with Gasteiger partial charge < -0.3 is 0 Å². The maximum Gasteiger partial charge on any atom is 0.240 e. The number of thioether (sulfide) groups is 1. The molecular weight excluding hydrogens is 440 g/mol. The normalized spacial score (nSPS) is 11.4. The van der Waals surface area contributed by atoms with Crippen LogP contribution in [-0.4, -0.2) is 36.8 Å². The van der Waals surface area contributed by atoms with Gasteiger partial charge in [-0.25, -0.2) is 13.1 Å². The average molecular weight is 463 g/mol. The van der Waals surface area contributed by atoms with E-state index < -0.39 is 10.0 Å². The number of rotatable bonds is 9. The molecule has 0 fully saturated rings. The summed E-state index contributed by atoms with van der Waals surface area (Å²) in [5.41, 5.74) is 2.17. The number of aryl methyl sites for hydroxylation is 2. The van der Waals surface area contributed by atoms with Gasteiger partial charge in [0, 0.05) is 17.9 Å². The standard InChI is InChI=1S/C20H22N4O3S3/c1-14-3-7-16(8-4-14)28-13-18(25)22-20-24-23-19(29-20)11-12-21-30(26,27)17-9-5-15(2)6-10-17/h3-10,21H,11-13H2,1-2H3,(H,22,24,25). The molecule has 10 heteroatoms. The second-order valence-electron chi connectivity index (χ2n) is 6.61. The highest BCUT2D eigenvalue weighted by molar-refractivity contribution is 8.00. The predicted molar refractivity (Wildman–Crippen MR) is 121 cm³/mol. The first-order valence-electron chi connectivity index (χ1n) is 9.20. The van der Waals surface area contributed by atoms with Crippen molar-refractivity contribution < 1.29 is 13.2 Å². The van der Waals surface area contributed by atoms with E-state index in [1.807, 2.05) is 38.1 Å². The number of amides is 1. The van der Waals surface area contributed by atoms with E-state index in [1.54, 1.807) is 24.3 Å². The zero-order valence-corrected chi connectivity index (χ0v) is 19.0. The van der Waals surface area contributed by atoms with Crippen molar-refractivity contribution in [2.24, 2.45) is 0 Å². The smallest absolute Gasteiger partial charge is 0.240 e. The lowest BCUT2D eigenvalue weighted by molar-refractivity contribution is -0.113. The number of hydrogen-bond acceptors (Lipinski definition) is 7. The summed E-state index contributed by atoms with van der Waals surface area (Å²) < 4.78 is 27.1. The summed E-state index contributed by atoms with van der Waals surface area (Å²) in [5, 5.41) is 11.7. The number of aromatic nitrogens is 2. The van der Waals surface area contributed by atoms with E-state index >= 15 is 0 Å². The molecule has 0 spiro atoms. The minimum absolute atomic E-state index is 0.164. The van der Waals surface area contributed by atoms with Crippen LogP contribution in [0.15, 0.2) is 58.3 Å². The van der Waals surface area contributed by atoms with E-state index in [9.17, 15) is 13.2 Å². The molecule has 2 aromatic carbocycles. The Morgan fingerprint density at radius 1 is 1.00 bits per heavy atom. The highest BCUT2D eigenvalue weighted by Crippen LogP contribution is 2.20. The molecule has 1 aromatic heterocycles. The van der Waals surface area contributed by atoms with Crippen LogP contribution in [0.2, 0.25) is 0 Å². The molecule has 158 valence electrons. The fraction of sp³-hybridized carbons (Fsp3) is 0.250. The van der Waals surface area contributed by atoms with Crippen LogP contribution in [0.3, 0.4) is 0 Å². The van der Waals surface area contributed by atoms with Gasteiger partial charge in [-0.1, -0.05) is 46.7 Å². The maximum atomic E-state index is 12.3. The number of nitrogens with zero attached hydrogens (tertiary/aromatic N) is 2. The molecule has 3 rings (SSSR count). The van der Waals surface area contributed by atoms with Crippen molar-refractivity contribution in [1.29, 1.82) is 0 Å². The quantitative estimate of drug-likeness (QED) is 0.473. The van der Waals surface area contributed by atoms with E-state index in [0.29, 0.717) is 16.6 Å². The first-order chi connectivity index (χ1) is 14.3. The van der Waals surface area contributed by atoms with Crippen LogP contribution in [-0.2, 0) is 21.2 Å². The largest absolute Gasteiger partial charge is 0.300 e. The summed E-state index contributed by atoms with van der Waals surface area (Å²) in [4.78, 5) is 13.4. The third-order valence-corrected chi connectivity index (χ3v) is 7.45. The summed E-state index contributed by atoms with van der Waals surface area (Å²) >= 11 is 2.68. The Kier molecular flexibility index (Phi) is 7.59. The number of nitrogens with one attached hydrogen (secondary N) is 2. The lowest BCUT2D eigenvalue weighted by Crippen LogP contribution is -2.25. The number of sulfonamides is 1. The van der Waals surface area contributed by atoms with Crippen LogP contribution in [0.5, 0.6) is 0 Å². The van der Waals surface area contributed by atoms with Crippen molar-refractivity contribution in [3.63, 3.8) is 0 Å². The van der Waals surface area contributed by atoms with Crippen LogP contribution < -0.4 is 10.0 Å². The zero-order chi connectivity index (χ0) is 21.6. The number of carbonyl (C=O) groups excluding carboxylic acids is 1. The molecule has 3 aromatic rings. The van der Waals surface area contributed by atoms with Crippen LogP contribution in [0.1, 0.15) is 16.1 Å². The van der Waals surface area contributed by atoms with Gasteiger partial charge in [-0.3, -0.25) is 10.1 Å². The molecule has 30 heavy (non-hydrogen) atoms. The molecule has 1 amide bonds. The summed E-state index contributed by atoms with van der Waals surface area (Å²) in [7, 11) is -3.56. The zero-order valence-electron chi connectivity index (χ0n) is 16.6. The summed E-state index contributed by atoms with van der Waals surface area (Å²) in [6.45, 7) is 4.11. The summed E-state index contributed by atoms with van der Waals surface area (Å²) in [5.74, 6) is 0.109. The van der Waals surface area contributed by atoms with Crippen molar-refractivity contribution in [2.45, 2.75) is 30.1 Å². The fourth-order valence-electron chi connectivity index (χ4n) is 2.44. The molecule has 2 N–H and O–H groups in total. The third kappa shape index (κ3) is 6.63. The van der Waals surface area contributed by atoms with Gasteiger partial charge in [0.25, 0.3) is 0 Å². The van der Waals surface area contributed by atoms with E-state index in [2.05, 4.69) is 20.2 Å². The number of hydrogen-bond donors (Lipinski definition) is 2. The van der Waals surface area contributed by atoms with Crippen molar-refractivity contribution in [1.82, 2.24) is 14.9 Å². The lowest BCUT2D eigenvalue weighted by atomic mass is 10.2. The van der Waals surface area contributed by atoms with E-state index in [1.165, 1.54) is 28.7 Å². The van der Waals surface area contributed by atoms with Gasteiger partial charge >= 0.3 is 0 Å². The molecule has 0 atom stereocenters. The molecule has 7 nitrogen and oxygen atoms in total. The Morgan fingerprint density at radius 2 is 1.63 bits per heavy atom. The van der Waals surface area contributed by atoms with Crippen LogP contribution >= 0.6 is 23.1 Å². The monoisotopic (exact) mass is 462 g/mol. The number of anilines is 1. The van der Waals surface area contributed by atoms with E-state index in [4.69, 9.17) is 0 Å². The van der Waals surface area contributed by atoms with Crippen LogP contribution in [0.25, 0.3) is 0 Å². The summed E-state index contributed by atoms with van der Waals surface area (Å²) in [6, 6.07) is 14.6. The molecule has 0 bridgehead atoms. The third-order valence-electron chi connectivity index (χ3n) is 4.07. The molecular formula is C20H22N4O3S3. The number of carbonyl (C=O) groups is 1. The van der Waals surface area contributed by atoms with Crippen LogP contribution in [0, 0.1) is 13.8 Å². The second-order valence-corrected chi connectivity index (χ2v) is 10.5. The highest BCUT2D eigenvalue weighted by Gasteiger charge is 2.14. The maximum absolute atomic E-state index is 12.3. The van der Waals surface area contributed by atoms with Gasteiger partial charge in [-0.05, 0) is 38.1 Å². The molecule has 0 saturated heterocycles. The predicted octanol–water partition coefficient (Wildman–Crippen LogP) is 3.41. The van der Waals surface area contributed by atoms with Gasteiger partial charge in [-0.15, -0.1) is 22.0 Å². The minimum Gasteiger partial charge on any atom is -0.300 e. The first kappa shape index (κ1) is 22.4. The van der Waals surface area contributed by atoms with Gasteiger partial charge in [-0.2, -0.15) is 0 Å². The number of benzene rings is 2. The van der Waals surface area contributed by atoms with Crippen molar-refractivity contribution in [3.05, 3.63) is 64.7 Å². The fourth-order valence-corrected chi connectivity index (χ4v) is 4.92. The average Bonchev–Trinajstić information content (AvgIpc) is 3.15. The minimum atomic E-state index is -3.56. The van der Waals surface area contributed by atoms with Crippen molar-refractivity contribution in [3.8, 4) is 0 Å². The van der Waals surface area contributed by atoms with Gasteiger partial charge in [0.15, 0.2) is 0 Å². The van der Waals surface area contributed by atoms with Gasteiger partial charge in [0.1, 0.15) is 5.01 Å². The molecule has 0 unspecified atom stereocenters. The molecule has 0 saturated carbocycles. The molecule has 1 heterocycles. The Labute approximate surface area is 184 Å².